The summed E-state index contributed by atoms with van der Waals surface area (Å²) in [6, 6.07) is 3.27. The summed E-state index contributed by atoms with van der Waals surface area (Å²) in [4.78, 5) is 40.1. The molecule has 0 unspecified atom stereocenters. The maximum absolute atomic E-state index is 12.7. The minimum atomic E-state index is -0.149. The number of nitrogens with zero attached hydrogens (tertiary/aromatic N) is 3. The van der Waals surface area contributed by atoms with Crippen LogP contribution in [0, 0.1) is 11.8 Å². The molecule has 2 aliphatic rings. The standard InChI is InChI=1S/C18H25N3O3/c1-4-21-6-5-12(9-17(21)23)18(24)20(3)15-7-13-10-16(22)19(2)11-14(13)8-15/h5-6,9,13-15H,4,7-8,10-11H2,1-3H3/t13-,14+,15-/m0/s1. The van der Waals surface area contributed by atoms with Crippen LogP contribution in [0.1, 0.15) is 36.5 Å². The predicted molar refractivity (Wildman–Crippen MR) is 90.7 cm³/mol. The molecule has 24 heavy (non-hydrogen) atoms. The highest BCUT2D eigenvalue weighted by atomic mass is 16.2. The smallest absolute Gasteiger partial charge is 0.254 e. The van der Waals surface area contributed by atoms with E-state index in [1.807, 2.05) is 14.0 Å². The Bertz CT molecular complexity index is 712. The van der Waals surface area contributed by atoms with Gasteiger partial charge in [-0.25, -0.2) is 0 Å². The summed E-state index contributed by atoms with van der Waals surface area (Å²) >= 11 is 0. The molecule has 1 aliphatic heterocycles. The highest BCUT2D eigenvalue weighted by Gasteiger charge is 2.42. The van der Waals surface area contributed by atoms with Crippen LogP contribution in [0.25, 0.3) is 0 Å². The van der Waals surface area contributed by atoms with Crippen molar-refractivity contribution >= 4 is 11.8 Å². The number of piperidine rings is 1. The van der Waals surface area contributed by atoms with Crippen LogP contribution < -0.4 is 5.56 Å². The number of amides is 2. The van der Waals surface area contributed by atoms with Crippen molar-refractivity contribution in [3.05, 3.63) is 34.2 Å². The third-order valence-corrected chi connectivity index (χ3v) is 5.64. The summed E-state index contributed by atoms with van der Waals surface area (Å²) in [5.74, 6) is 0.941. The molecular formula is C18H25N3O3. The second-order valence-electron chi connectivity index (χ2n) is 7.08. The summed E-state index contributed by atoms with van der Waals surface area (Å²) in [5, 5.41) is 0. The van der Waals surface area contributed by atoms with Crippen LogP contribution in [0.4, 0.5) is 0 Å². The zero-order valence-electron chi connectivity index (χ0n) is 14.6. The van der Waals surface area contributed by atoms with Crippen molar-refractivity contribution in [2.75, 3.05) is 20.6 Å². The Morgan fingerprint density at radius 3 is 2.67 bits per heavy atom. The van der Waals surface area contributed by atoms with Gasteiger partial charge < -0.3 is 14.4 Å². The number of hydrogen-bond donors (Lipinski definition) is 0. The van der Waals surface area contributed by atoms with Crippen molar-refractivity contribution in [1.82, 2.24) is 14.4 Å². The fourth-order valence-corrected chi connectivity index (χ4v) is 4.08. The fourth-order valence-electron chi connectivity index (χ4n) is 4.08. The van der Waals surface area contributed by atoms with E-state index < -0.39 is 0 Å². The Balaban J connectivity index is 1.72. The van der Waals surface area contributed by atoms with E-state index in [-0.39, 0.29) is 23.4 Å². The zero-order valence-corrected chi connectivity index (χ0v) is 14.6. The first kappa shape index (κ1) is 16.7. The number of aromatic nitrogens is 1. The third kappa shape index (κ3) is 2.97. The molecule has 0 radical (unpaired) electrons. The van der Waals surface area contributed by atoms with E-state index >= 15 is 0 Å². The van der Waals surface area contributed by atoms with Gasteiger partial charge in [0.1, 0.15) is 0 Å². The molecule has 1 saturated heterocycles. The van der Waals surface area contributed by atoms with Gasteiger partial charge >= 0.3 is 0 Å². The van der Waals surface area contributed by atoms with Crippen LogP contribution in [0.5, 0.6) is 0 Å². The second kappa shape index (κ2) is 6.42. The van der Waals surface area contributed by atoms with Crippen LogP contribution in [-0.4, -0.2) is 52.9 Å². The number of aryl methyl sites for hydroxylation is 1. The number of fused-ring (bicyclic) bond motifs is 1. The molecule has 1 aromatic heterocycles. The van der Waals surface area contributed by atoms with E-state index in [2.05, 4.69) is 0 Å². The highest BCUT2D eigenvalue weighted by molar-refractivity contribution is 5.94. The zero-order chi connectivity index (χ0) is 17.4. The number of likely N-dealkylation sites (tertiary alicyclic amines) is 1. The highest BCUT2D eigenvalue weighted by Crippen LogP contribution is 2.40. The van der Waals surface area contributed by atoms with Crippen LogP contribution in [0.2, 0.25) is 0 Å². The molecule has 0 N–H and O–H groups in total. The number of carbonyl (C=O) groups excluding carboxylic acids is 2. The maximum Gasteiger partial charge on any atom is 0.254 e. The van der Waals surface area contributed by atoms with Crippen molar-refractivity contribution in [3.63, 3.8) is 0 Å². The quantitative estimate of drug-likeness (QED) is 0.836. The molecule has 1 aromatic rings. The molecule has 3 rings (SSSR count). The van der Waals surface area contributed by atoms with Gasteiger partial charge in [-0.2, -0.15) is 0 Å². The molecule has 1 saturated carbocycles. The van der Waals surface area contributed by atoms with E-state index in [4.69, 9.17) is 0 Å². The fraction of sp³-hybridized carbons (Fsp3) is 0.611. The molecule has 0 aromatic carbocycles. The normalized spacial score (nSPS) is 26.4. The number of rotatable bonds is 3. The molecule has 0 spiro atoms. The monoisotopic (exact) mass is 331 g/mol. The third-order valence-electron chi connectivity index (χ3n) is 5.64. The average Bonchev–Trinajstić information content (AvgIpc) is 2.96. The molecule has 2 fully saturated rings. The summed E-state index contributed by atoms with van der Waals surface area (Å²) in [6.07, 6.45) is 4.06. The van der Waals surface area contributed by atoms with Gasteiger partial charge in [0.05, 0.1) is 0 Å². The first-order valence-corrected chi connectivity index (χ1v) is 8.62. The van der Waals surface area contributed by atoms with Crippen molar-refractivity contribution in [2.24, 2.45) is 11.8 Å². The lowest BCUT2D eigenvalue weighted by atomic mass is 9.88. The molecule has 1 aliphatic carbocycles. The summed E-state index contributed by atoms with van der Waals surface area (Å²) in [6.45, 7) is 3.28. The second-order valence-corrected chi connectivity index (χ2v) is 7.08. The Morgan fingerprint density at radius 2 is 2.00 bits per heavy atom. The van der Waals surface area contributed by atoms with Crippen LogP contribution in [0.15, 0.2) is 23.1 Å². The van der Waals surface area contributed by atoms with Crippen molar-refractivity contribution in [1.29, 1.82) is 0 Å². The van der Waals surface area contributed by atoms with E-state index in [0.717, 1.165) is 19.4 Å². The predicted octanol–water partition coefficient (Wildman–Crippen LogP) is 1.20. The Kier molecular flexibility index (Phi) is 4.47. The van der Waals surface area contributed by atoms with Crippen LogP contribution in [-0.2, 0) is 11.3 Å². The Hall–Kier alpha value is -2.11. The van der Waals surface area contributed by atoms with Gasteiger partial charge in [0.25, 0.3) is 11.5 Å². The van der Waals surface area contributed by atoms with Crippen LogP contribution >= 0.6 is 0 Å². The first-order valence-electron chi connectivity index (χ1n) is 8.62. The number of carbonyl (C=O) groups is 2. The largest absolute Gasteiger partial charge is 0.345 e. The molecule has 3 atom stereocenters. The minimum Gasteiger partial charge on any atom is -0.345 e. The molecular weight excluding hydrogens is 306 g/mol. The summed E-state index contributed by atoms with van der Waals surface area (Å²) in [7, 11) is 3.66. The molecule has 2 heterocycles. The average molecular weight is 331 g/mol. The van der Waals surface area contributed by atoms with Gasteiger partial charge in [-0.1, -0.05) is 0 Å². The van der Waals surface area contributed by atoms with E-state index in [1.54, 1.807) is 33.7 Å². The van der Waals surface area contributed by atoms with Crippen molar-refractivity contribution < 1.29 is 9.59 Å². The van der Waals surface area contributed by atoms with Gasteiger partial charge in [0.2, 0.25) is 5.91 Å². The van der Waals surface area contributed by atoms with E-state index in [9.17, 15) is 14.4 Å². The first-order chi connectivity index (χ1) is 11.4. The number of hydrogen-bond acceptors (Lipinski definition) is 3. The Morgan fingerprint density at radius 1 is 1.29 bits per heavy atom. The Labute approximate surface area is 142 Å². The van der Waals surface area contributed by atoms with Gasteiger partial charge in [0, 0.05) is 57.5 Å². The SMILES string of the molecule is CCn1ccc(C(=O)N(C)[C@H]2C[C@H]3CC(=O)N(C)C[C@H]3C2)cc1=O. The topological polar surface area (TPSA) is 62.6 Å². The van der Waals surface area contributed by atoms with Crippen LogP contribution in [0.3, 0.4) is 0 Å². The lowest BCUT2D eigenvalue weighted by Gasteiger charge is -2.31. The molecule has 6 nitrogen and oxygen atoms in total. The van der Waals surface area contributed by atoms with Crippen molar-refractivity contribution in [3.8, 4) is 0 Å². The molecule has 2 amide bonds. The maximum atomic E-state index is 12.7. The van der Waals surface area contributed by atoms with Gasteiger partial charge in [-0.3, -0.25) is 14.4 Å². The molecule has 6 heteroatoms. The molecule has 130 valence electrons. The van der Waals surface area contributed by atoms with Gasteiger partial charge in [-0.15, -0.1) is 0 Å². The summed E-state index contributed by atoms with van der Waals surface area (Å²) in [5.41, 5.74) is 0.291. The van der Waals surface area contributed by atoms with E-state index in [0.29, 0.717) is 30.4 Å². The van der Waals surface area contributed by atoms with Crippen molar-refractivity contribution in [2.45, 2.75) is 38.8 Å². The lowest BCUT2D eigenvalue weighted by Crippen LogP contribution is -2.40. The summed E-state index contributed by atoms with van der Waals surface area (Å²) < 4.78 is 1.57. The van der Waals surface area contributed by atoms with Gasteiger partial charge in [0.15, 0.2) is 0 Å². The lowest BCUT2D eigenvalue weighted by molar-refractivity contribution is -0.134. The molecule has 0 bridgehead atoms. The number of pyridine rings is 1. The van der Waals surface area contributed by atoms with E-state index in [1.165, 1.54) is 6.07 Å². The minimum absolute atomic E-state index is 0.112. The van der Waals surface area contributed by atoms with Gasteiger partial charge in [-0.05, 0) is 37.7 Å².